The molecular weight excluding hydrogens is 240 g/mol. The summed E-state index contributed by atoms with van der Waals surface area (Å²) in [7, 11) is 0. The lowest BCUT2D eigenvalue weighted by Crippen LogP contribution is -2.39. The minimum Gasteiger partial charge on any atom is -0.374 e. The minimum atomic E-state index is 0.0134. The van der Waals surface area contributed by atoms with Crippen LogP contribution in [-0.2, 0) is 9.53 Å². The molecule has 0 bridgehead atoms. The van der Waals surface area contributed by atoms with E-state index < -0.39 is 0 Å². The van der Waals surface area contributed by atoms with Crippen molar-refractivity contribution in [2.45, 2.75) is 52.2 Å². The second-order valence-electron chi connectivity index (χ2n) is 6.22. The highest BCUT2D eigenvalue weighted by Crippen LogP contribution is 2.32. The zero-order valence-corrected chi connectivity index (χ0v) is 12.4. The molecule has 2 fully saturated rings. The highest BCUT2D eigenvalue weighted by Gasteiger charge is 2.41. The summed E-state index contributed by atoms with van der Waals surface area (Å²) < 4.78 is 5.73. The molecule has 2 N–H and O–H groups in total. The first kappa shape index (κ1) is 14.8. The van der Waals surface area contributed by atoms with Gasteiger partial charge in [-0.1, -0.05) is 6.92 Å². The number of hydrogen-bond donors (Lipinski definition) is 2. The molecular formula is C15H28N2O2. The lowest BCUT2D eigenvalue weighted by atomic mass is 9.88. The SMILES string of the molecule is CC1OC(C)C(C(=O)NCCC2CCCNC2)C1C. The highest BCUT2D eigenvalue weighted by molar-refractivity contribution is 5.79. The largest absolute Gasteiger partial charge is 0.374 e. The van der Waals surface area contributed by atoms with Crippen LogP contribution in [0.2, 0.25) is 0 Å². The van der Waals surface area contributed by atoms with Crippen molar-refractivity contribution in [2.24, 2.45) is 17.8 Å². The molecule has 4 nitrogen and oxygen atoms in total. The first-order valence-corrected chi connectivity index (χ1v) is 7.73. The lowest BCUT2D eigenvalue weighted by molar-refractivity contribution is -0.127. The van der Waals surface area contributed by atoms with Gasteiger partial charge < -0.3 is 15.4 Å². The van der Waals surface area contributed by atoms with E-state index in [0.717, 1.165) is 32.0 Å². The normalized spacial score (nSPS) is 39.2. The van der Waals surface area contributed by atoms with Crippen LogP contribution in [0, 0.1) is 17.8 Å². The monoisotopic (exact) mass is 268 g/mol. The van der Waals surface area contributed by atoms with E-state index in [4.69, 9.17) is 4.74 Å². The average Bonchev–Trinajstić information content (AvgIpc) is 2.64. The third-order valence-corrected chi connectivity index (χ3v) is 4.80. The number of nitrogens with one attached hydrogen (secondary N) is 2. The molecule has 0 spiro atoms. The van der Waals surface area contributed by atoms with Crippen molar-refractivity contribution in [3.8, 4) is 0 Å². The van der Waals surface area contributed by atoms with Gasteiger partial charge in [-0.25, -0.2) is 0 Å². The van der Waals surface area contributed by atoms with Crippen LogP contribution >= 0.6 is 0 Å². The zero-order chi connectivity index (χ0) is 13.8. The van der Waals surface area contributed by atoms with Gasteiger partial charge in [0, 0.05) is 6.54 Å². The van der Waals surface area contributed by atoms with Crippen LogP contribution < -0.4 is 10.6 Å². The number of rotatable bonds is 4. The number of carbonyl (C=O) groups is 1. The van der Waals surface area contributed by atoms with Crippen LogP contribution in [-0.4, -0.2) is 37.7 Å². The molecule has 110 valence electrons. The Labute approximate surface area is 116 Å². The molecule has 19 heavy (non-hydrogen) atoms. The zero-order valence-electron chi connectivity index (χ0n) is 12.4. The fourth-order valence-corrected chi connectivity index (χ4v) is 3.41. The summed E-state index contributed by atoms with van der Waals surface area (Å²) >= 11 is 0. The van der Waals surface area contributed by atoms with Gasteiger partial charge in [0.1, 0.15) is 0 Å². The van der Waals surface area contributed by atoms with Gasteiger partial charge in [0.15, 0.2) is 0 Å². The topological polar surface area (TPSA) is 50.4 Å². The molecule has 2 aliphatic rings. The number of hydrogen-bond acceptors (Lipinski definition) is 3. The van der Waals surface area contributed by atoms with Crippen molar-refractivity contribution in [1.82, 2.24) is 10.6 Å². The summed E-state index contributed by atoms with van der Waals surface area (Å²) in [5.41, 5.74) is 0. The molecule has 2 aliphatic heterocycles. The van der Waals surface area contributed by atoms with E-state index >= 15 is 0 Å². The molecule has 0 aromatic rings. The molecule has 5 atom stereocenters. The van der Waals surface area contributed by atoms with Crippen molar-refractivity contribution in [3.05, 3.63) is 0 Å². The standard InChI is InChI=1S/C15H28N2O2/c1-10-11(2)19-12(3)14(10)15(18)17-8-6-13-5-4-7-16-9-13/h10-14,16H,4-9H2,1-3H3,(H,17,18). The summed E-state index contributed by atoms with van der Waals surface area (Å²) in [4.78, 5) is 12.2. The first-order valence-electron chi connectivity index (χ1n) is 7.73. The Morgan fingerprint density at radius 2 is 2.11 bits per heavy atom. The van der Waals surface area contributed by atoms with Crippen LogP contribution in [0.1, 0.15) is 40.0 Å². The van der Waals surface area contributed by atoms with E-state index in [9.17, 15) is 4.79 Å². The third kappa shape index (κ3) is 3.69. The summed E-state index contributed by atoms with van der Waals surface area (Å²) in [6, 6.07) is 0. The molecule has 0 radical (unpaired) electrons. The van der Waals surface area contributed by atoms with Gasteiger partial charge in [0.25, 0.3) is 0 Å². The van der Waals surface area contributed by atoms with Gasteiger partial charge in [-0.2, -0.15) is 0 Å². The lowest BCUT2D eigenvalue weighted by Gasteiger charge is -2.23. The molecule has 4 heteroatoms. The van der Waals surface area contributed by atoms with Crippen LogP contribution in [0.4, 0.5) is 0 Å². The van der Waals surface area contributed by atoms with Gasteiger partial charge in [-0.3, -0.25) is 4.79 Å². The van der Waals surface area contributed by atoms with E-state index in [1.165, 1.54) is 12.8 Å². The Morgan fingerprint density at radius 1 is 1.32 bits per heavy atom. The third-order valence-electron chi connectivity index (χ3n) is 4.80. The Hall–Kier alpha value is -0.610. The van der Waals surface area contributed by atoms with Crippen LogP contribution in [0.15, 0.2) is 0 Å². The fourth-order valence-electron chi connectivity index (χ4n) is 3.41. The molecule has 1 amide bonds. The van der Waals surface area contributed by atoms with Crippen LogP contribution in [0.5, 0.6) is 0 Å². The molecule has 2 saturated heterocycles. The molecule has 0 aromatic heterocycles. The Bertz CT molecular complexity index is 303. The van der Waals surface area contributed by atoms with E-state index in [2.05, 4.69) is 24.5 Å². The van der Waals surface area contributed by atoms with Crippen molar-refractivity contribution in [1.29, 1.82) is 0 Å². The van der Waals surface area contributed by atoms with Crippen molar-refractivity contribution >= 4 is 5.91 Å². The summed E-state index contributed by atoms with van der Waals surface area (Å²) in [5.74, 6) is 1.22. The number of amides is 1. The van der Waals surface area contributed by atoms with Gasteiger partial charge in [0.2, 0.25) is 5.91 Å². The molecule has 2 rings (SSSR count). The summed E-state index contributed by atoms with van der Waals surface area (Å²) in [6.07, 6.45) is 3.87. The highest BCUT2D eigenvalue weighted by atomic mass is 16.5. The predicted octanol–water partition coefficient (Wildman–Crippen LogP) is 1.55. The number of piperidine rings is 1. The average molecular weight is 268 g/mol. The smallest absolute Gasteiger partial charge is 0.226 e. The number of carbonyl (C=O) groups excluding carboxylic acids is 1. The minimum absolute atomic E-state index is 0.0134. The van der Waals surface area contributed by atoms with E-state index in [0.29, 0.717) is 5.92 Å². The van der Waals surface area contributed by atoms with Crippen molar-refractivity contribution < 1.29 is 9.53 Å². The molecule has 0 aliphatic carbocycles. The Kier molecular flexibility index (Phi) is 5.22. The molecule has 5 unspecified atom stereocenters. The van der Waals surface area contributed by atoms with E-state index in [1.807, 2.05) is 6.92 Å². The number of ether oxygens (including phenoxy) is 1. The predicted molar refractivity (Wildman–Crippen MR) is 75.9 cm³/mol. The molecule has 2 heterocycles. The second kappa shape index (κ2) is 6.71. The summed E-state index contributed by atoms with van der Waals surface area (Å²) in [5, 5.41) is 6.52. The van der Waals surface area contributed by atoms with Crippen molar-refractivity contribution in [2.75, 3.05) is 19.6 Å². The van der Waals surface area contributed by atoms with Crippen molar-refractivity contribution in [3.63, 3.8) is 0 Å². The van der Waals surface area contributed by atoms with E-state index in [-0.39, 0.29) is 24.0 Å². The van der Waals surface area contributed by atoms with Crippen LogP contribution in [0.25, 0.3) is 0 Å². The Morgan fingerprint density at radius 3 is 2.68 bits per heavy atom. The molecule has 0 aromatic carbocycles. The van der Waals surface area contributed by atoms with Gasteiger partial charge in [0.05, 0.1) is 18.1 Å². The van der Waals surface area contributed by atoms with Gasteiger partial charge in [-0.15, -0.1) is 0 Å². The first-order chi connectivity index (χ1) is 9.09. The summed E-state index contributed by atoms with van der Waals surface area (Å²) in [6.45, 7) is 9.23. The maximum Gasteiger partial charge on any atom is 0.226 e. The maximum atomic E-state index is 12.2. The van der Waals surface area contributed by atoms with E-state index in [1.54, 1.807) is 0 Å². The fraction of sp³-hybridized carbons (Fsp3) is 0.933. The van der Waals surface area contributed by atoms with Gasteiger partial charge >= 0.3 is 0 Å². The van der Waals surface area contributed by atoms with Crippen LogP contribution in [0.3, 0.4) is 0 Å². The maximum absolute atomic E-state index is 12.2. The van der Waals surface area contributed by atoms with Gasteiger partial charge in [-0.05, 0) is 58.0 Å². The second-order valence-corrected chi connectivity index (χ2v) is 6.22. The Balaban J connectivity index is 1.72. The molecule has 0 saturated carbocycles. The quantitative estimate of drug-likeness (QED) is 0.813.